The van der Waals surface area contributed by atoms with E-state index >= 15 is 0 Å². The molecular formula is C16H22N2O4S. The Labute approximate surface area is 136 Å². The molecule has 1 aromatic heterocycles. The summed E-state index contributed by atoms with van der Waals surface area (Å²) >= 11 is 0. The van der Waals surface area contributed by atoms with Crippen LogP contribution in [-0.2, 0) is 14.6 Å². The van der Waals surface area contributed by atoms with Crippen LogP contribution in [0.5, 0.6) is 0 Å². The van der Waals surface area contributed by atoms with Gasteiger partial charge in [-0.1, -0.05) is 0 Å². The normalized spacial score (nSPS) is 33.7. The molecule has 4 rings (SSSR count). The fourth-order valence-corrected chi connectivity index (χ4v) is 5.65. The van der Waals surface area contributed by atoms with Gasteiger partial charge in [0.1, 0.15) is 5.76 Å². The third-order valence-corrected chi connectivity index (χ3v) is 7.12. The molecule has 0 unspecified atom stereocenters. The van der Waals surface area contributed by atoms with E-state index in [2.05, 4.69) is 4.90 Å². The number of piperazine rings is 1. The maximum Gasteiger partial charge on any atom is 0.226 e. The molecule has 3 heterocycles. The van der Waals surface area contributed by atoms with E-state index in [-0.39, 0.29) is 29.5 Å². The molecule has 2 saturated heterocycles. The van der Waals surface area contributed by atoms with E-state index in [1.54, 1.807) is 6.26 Å². The third-order valence-electron chi connectivity index (χ3n) is 5.37. The van der Waals surface area contributed by atoms with Crippen LogP contribution in [0.15, 0.2) is 22.8 Å². The lowest BCUT2D eigenvalue weighted by Crippen LogP contribution is -2.52. The lowest BCUT2D eigenvalue weighted by molar-refractivity contribution is -0.134. The van der Waals surface area contributed by atoms with Crippen molar-refractivity contribution in [3.63, 3.8) is 0 Å². The van der Waals surface area contributed by atoms with Crippen LogP contribution in [0, 0.1) is 5.92 Å². The van der Waals surface area contributed by atoms with Gasteiger partial charge in [0.2, 0.25) is 5.91 Å². The average molecular weight is 338 g/mol. The Bertz CT molecular complexity index is 677. The van der Waals surface area contributed by atoms with Crippen LogP contribution in [0.25, 0.3) is 0 Å². The van der Waals surface area contributed by atoms with E-state index < -0.39 is 9.84 Å². The van der Waals surface area contributed by atoms with Gasteiger partial charge in [0.05, 0.1) is 17.8 Å². The first-order chi connectivity index (χ1) is 11.0. The Hall–Kier alpha value is -1.34. The van der Waals surface area contributed by atoms with Gasteiger partial charge in [0.25, 0.3) is 0 Å². The molecule has 3 aliphatic rings. The second-order valence-electron chi connectivity index (χ2n) is 6.88. The number of nitrogens with zero attached hydrogens (tertiary/aromatic N) is 2. The summed E-state index contributed by atoms with van der Waals surface area (Å²) in [6.07, 6.45) is 3.27. The van der Waals surface area contributed by atoms with E-state index in [9.17, 15) is 13.2 Å². The molecule has 1 amide bonds. The summed E-state index contributed by atoms with van der Waals surface area (Å²) in [5.74, 6) is 2.05. The fourth-order valence-electron chi connectivity index (χ4n) is 3.89. The summed E-state index contributed by atoms with van der Waals surface area (Å²) in [4.78, 5) is 16.7. The smallest absolute Gasteiger partial charge is 0.226 e. The second-order valence-corrected chi connectivity index (χ2v) is 9.11. The van der Waals surface area contributed by atoms with Crippen molar-refractivity contribution in [3.8, 4) is 0 Å². The summed E-state index contributed by atoms with van der Waals surface area (Å²) in [7, 11) is -2.84. The quantitative estimate of drug-likeness (QED) is 0.812. The van der Waals surface area contributed by atoms with E-state index in [0.29, 0.717) is 18.8 Å². The lowest BCUT2D eigenvalue weighted by Gasteiger charge is -2.37. The van der Waals surface area contributed by atoms with Crippen LogP contribution in [0.3, 0.4) is 0 Å². The predicted molar refractivity (Wildman–Crippen MR) is 84.8 cm³/mol. The van der Waals surface area contributed by atoms with Gasteiger partial charge in [0, 0.05) is 44.1 Å². The van der Waals surface area contributed by atoms with Crippen molar-refractivity contribution in [2.45, 2.75) is 24.8 Å². The Morgan fingerprint density at radius 2 is 2.00 bits per heavy atom. The molecule has 1 saturated carbocycles. The molecule has 0 bridgehead atoms. The van der Waals surface area contributed by atoms with Crippen LogP contribution < -0.4 is 0 Å². The molecule has 126 valence electrons. The van der Waals surface area contributed by atoms with Gasteiger partial charge < -0.3 is 9.32 Å². The number of rotatable bonds is 3. The highest BCUT2D eigenvalue weighted by Gasteiger charge is 2.48. The monoisotopic (exact) mass is 338 g/mol. The standard InChI is InChI=1S/C16H22N2O4S/c19-16(14-10-13(14)15-2-1-8-22-15)18-6-4-17(5-7-18)12-3-9-23(20,21)11-12/h1-2,8,12-14H,3-7,9-11H2/t12-,13+,14-/m1/s1. The molecule has 23 heavy (non-hydrogen) atoms. The van der Waals surface area contributed by atoms with Crippen molar-refractivity contribution >= 4 is 15.7 Å². The van der Waals surface area contributed by atoms with Crippen molar-refractivity contribution in [1.82, 2.24) is 9.80 Å². The topological polar surface area (TPSA) is 70.8 Å². The van der Waals surface area contributed by atoms with Crippen LogP contribution in [0.4, 0.5) is 0 Å². The first-order valence-corrected chi connectivity index (χ1v) is 10.1. The predicted octanol–water partition coefficient (Wildman–Crippen LogP) is 0.714. The number of carbonyl (C=O) groups excluding carboxylic acids is 1. The first-order valence-electron chi connectivity index (χ1n) is 8.30. The number of hydrogen-bond acceptors (Lipinski definition) is 5. The zero-order valence-electron chi connectivity index (χ0n) is 13.1. The van der Waals surface area contributed by atoms with Gasteiger partial charge in [-0.25, -0.2) is 8.42 Å². The molecule has 0 N–H and O–H groups in total. The summed E-state index contributed by atoms with van der Waals surface area (Å²) in [5, 5.41) is 0. The van der Waals surface area contributed by atoms with Crippen LogP contribution in [0.2, 0.25) is 0 Å². The second kappa shape index (κ2) is 5.63. The first kappa shape index (κ1) is 15.2. The van der Waals surface area contributed by atoms with Crippen LogP contribution in [0.1, 0.15) is 24.5 Å². The van der Waals surface area contributed by atoms with Crippen molar-refractivity contribution in [2.75, 3.05) is 37.7 Å². The molecule has 1 aliphatic carbocycles. The Balaban J connectivity index is 1.29. The van der Waals surface area contributed by atoms with Crippen molar-refractivity contribution in [2.24, 2.45) is 5.92 Å². The molecule has 3 fully saturated rings. The average Bonchev–Trinajstić information content (AvgIpc) is 2.98. The summed E-state index contributed by atoms with van der Waals surface area (Å²) < 4.78 is 28.6. The number of hydrogen-bond donors (Lipinski definition) is 0. The van der Waals surface area contributed by atoms with Gasteiger partial charge >= 0.3 is 0 Å². The zero-order chi connectivity index (χ0) is 16.0. The maximum atomic E-state index is 12.6. The highest BCUT2D eigenvalue weighted by molar-refractivity contribution is 7.91. The van der Waals surface area contributed by atoms with E-state index in [4.69, 9.17) is 4.42 Å². The molecule has 3 atom stereocenters. The van der Waals surface area contributed by atoms with Crippen molar-refractivity contribution in [3.05, 3.63) is 24.2 Å². The third kappa shape index (κ3) is 3.04. The SMILES string of the molecule is O=C([C@@H]1C[C@@H]1c1ccco1)N1CCN([C@@H]2CCS(=O)(=O)C2)CC1. The molecule has 7 heteroatoms. The maximum absolute atomic E-state index is 12.6. The minimum atomic E-state index is -2.84. The Morgan fingerprint density at radius 3 is 2.61 bits per heavy atom. The number of amides is 1. The summed E-state index contributed by atoms with van der Waals surface area (Å²) in [6.45, 7) is 2.97. The number of furan rings is 1. The number of carbonyl (C=O) groups is 1. The summed E-state index contributed by atoms with van der Waals surface area (Å²) in [6, 6.07) is 3.95. The fraction of sp³-hybridized carbons (Fsp3) is 0.688. The minimum absolute atomic E-state index is 0.0690. The molecule has 0 aromatic carbocycles. The lowest BCUT2D eigenvalue weighted by atomic mass is 10.1. The van der Waals surface area contributed by atoms with Gasteiger partial charge in [-0.15, -0.1) is 0 Å². The van der Waals surface area contributed by atoms with Crippen molar-refractivity contribution in [1.29, 1.82) is 0 Å². The van der Waals surface area contributed by atoms with E-state index in [1.165, 1.54) is 0 Å². The molecule has 1 aromatic rings. The van der Waals surface area contributed by atoms with Gasteiger partial charge in [-0.2, -0.15) is 0 Å². The Kier molecular flexibility index (Phi) is 3.72. The van der Waals surface area contributed by atoms with Gasteiger partial charge in [-0.3, -0.25) is 9.69 Å². The van der Waals surface area contributed by atoms with E-state index in [1.807, 2.05) is 17.0 Å². The van der Waals surface area contributed by atoms with Crippen molar-refractivity contribution < 1.29 is 17.6 Å². The molecule has 0 radical (unpaired) electrons. The number of sulfone groups is 1. The zero-order valence-corrected chi connectivity index (χ0v) is 13.9. The highest BCUT2D eigenvalue weighted by Crippen LogP contribution is 2.48. The van der Waals surface area contributed by atoms with Gasteiger partial charge in [-0.05, 0) is 25.0 Å². The molecular weight excluding hydrogens is 316 g/mol. The van der Waals surface area contributed by atoms with Crippen LogP contribution in [-0.4, -0.2) is 67.9 Å². The molecule has 6 nitrogen and oxygen atoms in total. The molecule has 0 spiro atoms. The minimum Gasteiger partial charge on any atom is -0.469 e. The summed E-state index contributed by atoms with van der Waals surface area (Å²) in [5.41, 5.74) is 0. The van der Waals surface area contributed by atoms with E-state index in [0.717, 1.165) is 31.7 Å². The molecule has 2 aliphatic heterocycles. The van der Waals surface area contributed by atoms with Gasteiger partial charge in [0.15, 0.2) is 9.84 Å². The highest BCUT2D eigenvalue weighted by atomic mass is 32.2. The Morgan fingerprint density at radius 1 is 1.22 bits per heavy atom. The largest absolute Gasteiger partial charge is 0.469 e. The van der Waals surface area contributed by atoms with Crippen LogP contribution >= 0.6 is 0 Å².